The Morgan fingerprint density at radius 3 is 2.44 bits per heavy atom. The summed E-state index contributed by atoms with van der Waals surface area (Å²) in [4.78, 5) is 2.72. The van der Waals surface area contributed by atoms with Crippen LogP contribution in [0.25, 0.3) is 0 Å². The van der Waals surface area contributed by atoms with E-state index in [-0.39, 0.29) is 0 Å². The first kappa shape index (κ1) is 14.0. The number of hydrogen-bond acceptors (Lipinski definition) is 2. The van der Waals surface area contributed by atoms with Gasteiger partial charge in [-0.25, -0.2) is 0 Å². The summed E-state index contributed by atoms with van der Waals surface area (Å²) in [6.45, 7) is 11.7. The maximum Gasteiger partial charge on any atom is 0.0110 e. The molecule has 0 bridgehead atoms. The summed E-state index contributed by atoms with van der Waals surface area (Å²) >= 11 is 0. The molecule has 1 fully saturated rings. The third-order valence-corrected chi connectivity index (χ3v) is 3.44. The van der Waals surface area contributed by atoms with E-state index >= 15 is 0 Å². The van der Waals surface area contributed by atoms with Crippen LogP contribution in [0.1, 0.15) is 52.9 Å². The zero-order valence-electron chi connectivity index (χ0n) is 11.5. The van der Waals surface area contributed by atoms with Gasteiger partial charge >= 0.3 is 0 Å². The molecule has 0 spiro atoms. The summed E-state index contributed by atoms with van der Waals surface area (Å²) < 4.78 is 0. The highest BCUT2D eigenvalue weighted by Crippen LogP contribution is 2.23. The van der Waals surface area contributed by atoms with E-state index in [2.05, 4.69) is 31.0 Å². The Labute approximate surface area is 102 Å². The molecule has 0 radical (unpaired) electrons. The fourth-order valence-corrected chi connectivity index (χ4v) is 2.69. The molecule has 1 aliphatic carbocycles. The summed E-state index contributed by atoms with van der Waals surface area (Å²) in [6, 6.07) is 0.880. The van der Waals surface area contributed by atoms with Crippen LogP contribution in [-0.4, -0.2) is 37.1 Å². The predicted octanol–water partition coefficient (Wildman–Crippen LogP) is 2.89. The molecule has 0 aromatic rings. The predicted molar refractivity (Wildman–Crippen MR) is 71.8 cm³/mol. The van der Waals surface area contributed by atoms with Crippen molar-refractivity contribution in [1.29, 1.82) is 0 Å². The monoisotopic (exact) mass is 226 g/mol. The van der Waals surface area contributed by atoms with Crippen LogP contribution in [0.3, 0.4) is 0 Å². The molecule has 1 saturated carbocycles. The van der Waals surface area contributed by atoms with Crippen molar-refractivity contribution in [1.82, 2.24) is 10.2 Å². The number of nitrogens with zero attached hydrogens (tertiary/aromatic N) is 1. The highest BCUT2D eigenvalue weighted by molar-refractivity contribution is 4.78. The second-order valence-electron chi connectivity index (χ2n) is 5.58. The van der Waals surface area contributed by atoms with Crippen LogP contribution in [0.15, 0.2) is 0 Å². The van der Waals surface area contributed by atoms with Crippen molar-refractivity contribution >= 4 is 0 Å². The van der Waals surface area contributed by atoms with Gasteiger partial charge in [0, 0.05) is 25.7 Å². The van der Waals surface area contributed by atoms with E-state index in [1.807, 2.05) is 0 Å². The molecule has 1 N–H and O–H groups in total. The van der Waals surface area contributed by atoms with Crippen molar-refractivity contribution in [2.45, 2.75) is 58.9 Å². The van der Waals surface area contributed by atoms with Crippen LogP contribution in [0.4, 0.5) is 0 Å². The van der Waals surface area contributed by atoms with Crippen LogP contribution in [-0.2, 0) is 0 Å². The third kappa shape index (κ3) is 5.31. The van der Waals surface area contributed by atoms with E-state index in [0.29, 0.717) is 0 Å². The fraction of sp³-hybridized carbons (Fsp3) is 1.00. The highest BCUT2D eigenvalue weighted by atomic mass is 15.2. The van der Waals surface area contributed by atoms with Gasteiger partial charge in [-0.2, -0.15) is 0 Å². The lowest BCUT2D eigenvalue weighted by atomic mass is 10.1. The van der Waals surface area contributed by atoms with Crippen LogP contribution in [0, 0.1) is 5.92 Å². The average molecular weight is 226 g/mol. The number of rotatable bonds is 8. The van der Waals surface area contributed by atoms with Crippen molar-refractivity contribution in [2.75, 3.05) is 26.2 Å². The Morgan fingerprint density at radius 2 is 1.88 bits per heavy atom. The molecule has 96 valence electrons. The maximum absolute atomic E-state index is 3.52. The molecule has 0 heterocycles. The maximum atomic E-state index is 3.52. The zero-order chi connectivity index (χ0) is 11.8. The van der Waals surface area contributed by atoms with E-state index in [4.69, 9.17) is 0 Å². The third-order valence-electron chi connectivity index (χ3n) is 3.44. The minimum Gasteiger partial charge on any atom is -0.315 e. The van der Waals surface area contributed by atoms with E-state index in [1.54, 1.807) is 0 Å². The zero-order valence-corrected chi connectivity index (χ0v) is 11.5. The first-order valence-electron chi connectivity index (χ1n) is 7.18. The first-order valence-corrected chi connectivity index (χ1v) is 7.18. The Hall–Kier alpha value is -0.0800. The van der Waals surface area contributed by atoms with E-state index < -0.39 is 0 Å². The molecule has 0 amide bonds. The van der Waals surface area contributed by atoms with Gasteiger partial charge in [-0.3, -0.25) is 4.90 Å². The summed E-state index contributed by atoms with van der Waals surface area (Å²) in [5.41, 5.74) is 0. The van der Waals surface area contributed by atoms with Crippen LogP contribution < -0.4 is 5.32 Å². The van der Waals surface area contributed by atoms with Gasteiger partial charge in [0.15, 0.2) is 0 Å². The lowest BCUT2D eigenvalue weighted by molar-refractivity contribution is 0.178. The van der Waals surface area contributed by atoms with Gasteiger partial charge in [-0.1, -0.05) is 33.6 Å². The molecule has 2 nitrogen and oxygen atoms in total. The summed E-state index contributed by atoms with van der Waals surface area (Å²) in [5, 5.41) is 3.52. The standard InChI is InChI=1S/C14H30N2/c1-4-9-15-10-11-16(12-13(2)3)14-7-5-6-8-14/h13-15H,4-12H2,1-3H3. The molecule has 2 heteroatoms. The van der Waals surface area contributed by atoms with Crippen molar-refractivity contribution in [3.63, 3.8) is 0 Å². The highest BCUT2D eigenvalue weighted by Gasteiger charge is 2.22. The number of hydrogen-bond donors (Lipinski definition) is 1. The van der Waals surface area contributed by atoms with Gasteiger partial charge < -0.3 is 5.32 Å². The number of nitrogens with one attached hydrogen (secondary N) is 1. The minimum absolute atomic E-state index is 0.798. The average Bonchev–Trinajstić information content (AvgIpc) is 2.75. The molecule has 16 heavy (non-hydrogen) atoms. The van der Waals surface area contributed by atoms with Gasteiger partial charge in [0.05, 0.1) is 0 Å². The smallest absolute Gasteiger partial charge is 0.0110 e. The van der Waals surface area contributed by atoms with Gasteiger partial charge in [0.25, 0.3) is 0 Å². The normalized spacial score (nSPS) is 17.8. The minimum atomic E-state index is 0.798. The van der Waals surface area contributed by atoms with E-state index in [1.165, 1.54) is 51.7 Å². The Kier molecular flexibility index (Phi) is 7.06. The lowest BCUT2D eigenvalue weighted by Crippen LogP contribution is -2.40. The summed E-state index contributed by atoms with van der Waals surface area (Å²) in [5.74, 6) is 0.798. The molecule has 0 saturated heterocycles. The van der Waals surface area contributed by atoms with Crippen molar-refractivity contribution in [3.05, 3.63) is 0 Å². The first-order chi connectivity index (χ1) is 7.74. The van der Waals surface area contributed by atoms with Crippen LogP contribution in [0.5, 0.6) is 0 Å². The molecule has 0 aromatic carbocycles. The van der Waals surface area contributed by atoms with Crippen molar-refractivity contribution in [2.24, 2.45) is 5.92 Å². The second kappa shape index (κ2) is 8.08. The van der Waals surface area contributed by atoms with Crippen LogP contribution >= 0.6 is 0 Å². The second-order valence-corrected chi connectivity index (χ2v) is 5.58. The van der Waals surface area contributed by atoms with Gasteiger partial charge in [0.2, 0.25) is 0 Å². The fourth-order valence-electron chi connectivity index (χ4n) is 2.69. The molecule has 1 rings (SSSR count). The molecule has 1 aliphatic rings. The van der Waals surface area contributed by atoms with Gasteiger partial charge in [-0.15, -0.1) is 0 Å². The molecule has 0 unspecified atom stereocenters. The lowest BCUT2D eigenvalue weighted by Gasteiger charge is -2.30. The SMILES string of the molecule is CCCNCCN(CC(C)C)C1CCCC1. The van der Waals surface area contributed by atoms with E-state index in [0.717, 1.165) is 18.5 Å². The van der Waals surface area contributed by atoms with Gasteiger partial charge in [-0.05, 0) is 31.7 Å². The Balaban J connectivity index is 2.25. The largest absolute Gasteiger partial charge is 0.315 e. The molecule has 0 atom stereocenters. The molecular weight excluding hydrogens is 196 g/mol. The molecule has 0 aliphatic heterocycles. The van der Waals surface area contributed by atoms with Gasteiger partial charge in [0.1, 0.15) is 0 Å². The molecular formula is C14H30N2. The van der Waals surface area contributed by atoms with Crippen molar-refractivity contribution in [3.8, 4) is 0 Å². The summed E-state index contributed by atoms with van der Waals surface area (Å²) in [7, 11) is 0. The summed E-state index contributed by atoms with van der Waals surface area (Å²) in [6.07, 6.45) is 7.00. The quantitative estimate of drug-likeness (QED) is 0.640. The molecule has 0 aromatic heterocycles. The Morgan fingerprint density at radius 1 is 1.19 bits per heavy atom. The topological polar surface area (TPSA) is 15.3 Å². The van der Waals surface area contributed by atoms with Crippen LogP contribution in [0.2, 0.25) is 0 Å². The van der Waals surface area contributed by atoms with Crippen molar-refractivity contribution < 1.29 is 0 Å². The Bertz CT molecular complexity index is 162. The van der Waals surface area contributed by atoms with E-state index in [9.17, 15) is 0 Å².